The van der Waals surface area contributed by atoms with E-state index in [2.05, 4.69) is 0 Å². The molecule has 0 atom stereocenters. The van der Waals surface area contributed by atoms with Crippen molar-refractivity contribution in [2.45, 2.75) is 72.2 Å². The van der Waals surface area contributed by atoms with E-state index in [0.29, 0.717) is 12.8 Å². The second kappa shape index (κ2) is 8.25. The molecule has 0 bridgehead atoms. The van der Waals surface area contributed by atoms with Crippen molar-refractivity contribution in [2.24, 2.45) is 5.92 Å². The van der Waals surface area contributed by atoms with Crippen LogP contribution in [-0.4, -0.2) is 36.9 Å². The Bertz CT molecular complexity index is 298. The zero-order chi connectivity index (χ0) is 15.9. The third-order valence-corrected chi connectivity index (χ3v) is 2.86. The van der Waals surface area contributed by atoms with Gasteiger partial charge in [-0.2, -0.15) is 0 Å². The molecule has 20 heavy (non-hydrogen) atoms. The van der Waals surface area contributed by atoms with E-state index in [-0.39, 0.29) is 12.2 Å². The predicted molar refractivity (Wildman–Crippen MR) is 76.3 cm³/mol. The normalized spacial score (nSPS) is 12.1. The number of carbonyl (C=O) groups is 2. The van der Waals surface area contributed by atoms with Crippen LogP contribution in [0.25, 0.3) is 0 Å². The molecular formula is C15H28O5. The number of methoxy groups -OCH3 is 1. The Morgan fingerprint density at radius 1 is 0.950 bits per heavy atom. The molecule has 118 valence electrons. The van der Waals surface area contributed by atoms with Crippen molar-refractivity contribution in [1.82, 2.24) is 0 Å². The minimum atomic E-state index is -0.894. The lowest BCUT2D eigenvalue weighted by Crippen LogP contribution is -2.33. The van der Waals surface area contributed by atoms with Crippen LogP contribution < -0.4 is 0 Å². The summed E-state index contributed by atoms with van der Waals surface area (Å²) in [6.07, 6.45) is 0.395. The first-order valence-electron chi connectivity index (χ1n) is 7.05. The Kier molecular flexibility index (Phi) is 7.79. The van der Waals surface area contributed by atoms with Crippen LogP contribution >= 0.6 is 0 Å². The number of hydrogen-bond acceptors (Lipinski definition) is 5. The van der Waals surface area contributed by atoms with Gasteiger partial charge in [-0.1, -0.05) is 0 Å². The molecule has 0 aromatic heterocycles. The Balaban J connectivity index is 4.79. The van der Waals surface area contributed by atoms with Gasteiger partial charge < -0.3 is 14.2 Å². The molecule has 0 aromatic rings. The highest BCUT2D eigenvalue weighted by Gasteiger charge is 2.33. The molecule has 0 saturated carbocycles. The summed E-state index contributed by atoms with van der Waals surface area (Å²) in [6.45, 7) is 10.8. The van der Waals surface area contributed by atoms with Gasteiger partial charge in [0.15, 0.2) is 5.92 Å². The van der Waals surface area contributed by atoms with Crippen LogP contribution in [0.4, 0.5) is 0 Å². The summed E-state index contributed by atoms with van der Waals surface area (Å²) in [5.41, 5.74) is -0.394. The molecule has 0 N–H and O–H groups in total. The number of carbonyl (C=O) groups excluding carboxylic acids is 2. The van der Waals surface area contributed by atoms with E-state index in [1.807, 2.05) is 13.8 Å². The van der Waals surface area contributed by atoms with Gasteiger partial charge in [0.05, 0.1) is 17.8 Å². The fraction of sp³-hybridized carbons (Fsp3) is 0.867. The van der Waals surface area contributed by atoms with Crippen LogP contribution in [-0.2, 0) is 23.8 Å². The summed E-state index contributed by atoms with van der Waals surface area (Å²) in [7, 11) is 1.61. The Labute approximate surface area is 122 Å². The lowest BCUT2D eigenvalue weighted by atomic mass is 9.94. The molecule has 0 radical (unpaired) electrons. The van der Waals surface area contributed by atoms with Crippen LogP contribution in [0.3, 0.4) is 0 Å². The highest BCUT2D eigenvalue weighted by atomic mass is 16.6. The zero-order valence-electron chi connectivity index (χ0n) is 13.7. The van der Waals surface area contributed by atoms with E-state index in [1.165, 1.54) is 0 Å². The van der Waals surface area contributed by atoms with Crippen molar-refractivity contribution in [1.29, 1.82) is 0 Å². The van der Waals surface area contributed by atoms with Crippen molar-refractivity contribution >= 4 is 11.9 Å². The molecule has 0 aromatic carbocycles. The lowest BCUT2D eigenvalue weighted by Gasteiger charge is -2.25. The topological polar surface area (TPSA) is 61.8 Å². The number of rotatable bonds is 8. The molecule has 5 heteroatoms. The maximum Gasteiger partial charge on any atom is 0.320 e. The van der Waals surface area contributed by atoms with Crippen LogP contribution in [0.1, 0.15) is 54.4 Å². The van der Waals surface area contributed by atoms with Crippen LogP contribution in [0.15, 0.2) is 0 Å². The van der Waals surface area contributed by atoms with Gasteiger partial charge >= 0.3 is 11.9 Å². The van der Waals surface area contributed by atoms with Crippen LogP contribution in [0.5, 0.6) is 0 Å². The average molecular weight is 288 g/mol. The minimum absolute atomic E-state index is 0.257. The van der Waals surface area contributed by atoms with Crippen molar-refractivity contribution < 1.29 is 23.8 Å². The zero-order valence-corrected chi connectivity index (χ0v) is 13.7. The Morgan fingerprint density at radius 3 is 1.65 bits per heavy atom. The second-order valence-corrected chi connectivity index (χ2v) is 6.03. The fourth-order valence-corrected chi connectivity index (χ4v) is 1.55. The largest absolute Gasteiger partial charge is 0.462 e. The summed E-state index contributed by atoms with van der Waals surface area (Å²) in [5.74, 6) is -1.95. The first kappa shape index (κ1) is 18.9. The molecule has 0 aliphatic rings. The maximum atomic E-state index is 12.0. The summed E-state index contributed by atoms with van der Waals surface area (Å²) in [5, 5.41) is 0. The van der Waals surface area contributed by atoms with Gasteiger partial charge in [0.1, 0.15) is 0 Å². The van der Waals surface area contributed by atoms with Crippen molar-refractivity contribution in [3.05, 3.63) is 0 Å². The standard InChI is InChI=1S/C15H28O5/c1-10(2)19-13(16)12(14(17)20-11(3)4)8-9-15(5,6)18-7/h10-12H,8-9H2,1-7H3. The average Bonchev–Trinajstić information content (AvgIpc) is 2.26. The highest BCUT2D eigenvalue weighted by Crippen LogP contribution is 2.22. The van der Waals surface area contributed by atoms with Gasteiger partial charge in [0.2, 0.25) is 0 Å². The molecule has 0 aliphatic heterocycles. The van der Waals surface area contributed by atoms with Crippen molar-refractivity contribution in [3.8, 4) is 0 Å². The number of esters is 2. The Hall–Kier alpha value is -1.10. The summed E-state index contributed by atoms with van der Waals surface area (Å²) >= 11 is 0. The molecule has 0 saturated heterocycles. The fourth-order valence-electron chi connectivity index (χ4n) is 1.55. The van der Waals surface area contributed by atoms with Crippen molar-refractivity contribution in [3.63, 3.8) is 0 Å². The van der Waals surface area contributed by atoms with Gasteiger partial charge in [-0.05, 0) is 54.4 Å². The van der Waals surface area contributed by atoms with Gasteiger partial charge in [-0.3, -0.25) is 9.59 Å². The monoisotopic (exact) mass is 288 g/mol. The van der Waals surface area contributed by atoms with E-state index in [4.69, 9.17) is 14.2 Å². The molecule has 0 fully saturated rings. The third kappa shape index (κ3) is 7.48. The van der Waals surface area contributed by atoms with E-state index in [0.717, 1.165) is 0 Å². The van der Waals surface area contributed by atoms with Gasteiger partial charge in [0.25, 0.3) is 0 Å². The van der Waals surface area contributed by atoms with E-state index in [9.17, 15) is 9.59 Å². The summed E-state index contributed by atoms with van der Waals surface area (Å²) in [4.78, 5) is 24.0. The first-order chi connectivity index (χ1) is 9.09. The van der Waals surface area contributed by atoms with Gasteiger partial charge in [0, 0.05) is 7.11 Å². The molecule has 0 aliphatic carbocycles. The first-order valence-corrected chi connectivity index (χ1v) is 7.05. The predicted octanol–water partition coefficient (Wildman–Crippen LogP) is 2.71. The maximum absolute atomic E-state index is 12.0. The summed E-state index contributed by atoms with van der Waals surface area (Å²) < 4.78 is 15.6. The number of hydrogen-bond donors (Lipinski definition) is 0. The number of ether oxygens (including phenoxy) is 3. The molecule has 0 spiro atoms. The van der Waals surface area contributed by atoms with E-state index in [1.54, 1.807) is 34.8 Å². The van der Waals surface area contributed by atoms with Gasteiger partial charge in [-0.15, -0.1) is 0 Å². The third-order valence-electron chi connectivity index (χ3n) is 2.86. The Morgan fingerprint density at radius 2 is 1.35 bits per heavy atom. The SMILES string of the molecule is COC(C)(C)CCC(C(=O)OC(C)C)C(=O)OC(C)C. The highest BCUT2D eigenvalue weighted by molar-refractivity contribution is 5.95. The van der Waals surface area contributed by atoms with Crippen LogP contribution in [0, 0.1) is 5.92 Å². The summed E-state index contributed by atoms with van der Waals surface area (Å²) in [6, 6.07) is 0. The van der Waals surface area contributed by atoms with E-state index >= 15 is 0 Å². The smallest absolute Gasteiger partial charge is 0.320 e. The van der Waals surface area contributed by atoms with Crippen LogP contribution in [0.2, 0.25) is 0 Å². The molecule has 0 amide bonds. The van der Waals surface area contributed by atoms with Gasteiger partial charge in [-0.25, -0.2) is 0 Å². The molecular weight excluding hydrogens is 260 g/mol. The second-order valence-electron chi connectivity index (χ2n) is 6.03. The lowest BCUT2D eigenvalue weighted by molar-refractivity contribution is -0.167. The molecule has 0 rings (SSSR count). The van der Waals surface area contributed by atoms with E-state index < -0.39 is 23.5 Å². The molecule has 0 heterocycles. The molecule has 0 unspecified atom stereocenters. The minimum Gasteiger partial charge on any atom is -0.462 e. The molecule has 5 nitrogen and oxygen atoms in total. The quantitative estimate of drug-likeness (QED) is 0.507. The van der Waals surface area contributed by atoms with Crippen molar-refractivity contribution in [2.75, 3.05) is 7.11 Å².